The molecule has 156 valence electrons. The Labute approximate surface area is 177 Å². The highest BCUT2D eigenvalue weighted by atomic mass is 16.2. The van der Waals surface area contributed by atoms with E-state index in [0.717, 1.165) is 29.0 Å². The van der Waals surface area contributed by atoms with Gasteiger partial charge in [0.15, 0.2) is 0 Å². The van der Waals surface area contributed by atoms with Crippen LogP contribution in [-0.4, -0.2) is 16.8 Å². The molecule has 1 heterocycles. The summed E-state index contributed by atoms with van der Waals surface area (Å²) in [7, 11) is 0. The number of anilines is 1. The maximum Gasteiger partial charge on any atom is 0.253 e. The Hall–Kier alpha value is -2.69. The van der Waals surface area contributed by atoms with Crippen molar-refractivity contribution in [1.29, 1.82) is 0 Å². The maximum atomic E-state index is 12.9. The molecule has 30 heavy (non-hydrogen) atoms. The fraction of sp³-hybridized carbons (Fsp3) is 0.480. The van der Waals surface area contributed by atoms with Crippen LogP contribution in [0, 0.1) is 23.2 Å². The highest BCUT2D eigenvalue weighted by Crippen LogP contribution is 2.61. The van der Waals surface area contributed by atoms with Gasteiger partial charge in [0.25, 0.3) is 5.91 Å². The van der Waals surface area contributed by atoms with E-state index in [0.29, 0.717) is 18.5 Å². The number of nitrogens with zero attached hydrogens (tertiary/aromatic N) is 1. The monoisotopic (exact) mass is 403 g/mol. The Morgan fingerprint density at radius 2 is 1.73 bits per heavy atom. The minimum absolute atomic E-state index is 0.133. The van der Waals surface area contributed by atoms with E-state index in [1.165, 1.54) is 38.5 Å². The highest BCUT2D eigenvalue weighted by molar-refractivity contribution is 5.94. The number of hydrogen-bond donors (Lipinski definition) is 2. The average Bonchev–Trinajstić information content (AvgIpc) is 2.71. The SMILES string of the molecule is O=C(CC12CC3CC(CC(C3)C1)C2)Nc1cccc(CNC(=O)c2cccnc2)c1. The van der Waals surface area contributed by atoms with Crippen molar-refractivity contribution in [1.82, 2.24) is 10.3 Å². The zero-order valence-corrected chi connectivity index (χ0v) is 17.3. The molecule has 6 rings (SSSR count). The predicted molar refractivity (Wildman–Crippen MR) is 116 cm³/mol. The first-order valence-corrected chi connectivity index (χ1v) is 11.1. The lowest BCUT2D eigenvalue weighted by atomic mass is 9.49. The van der Waals surface area contributed by atoms with Gasteiger partial charge in [-0.15, -0.1) is 0 Å². The van der Waals surface area contributed by atoms with Gasteiger partial charge in [-0.05, 0) is 91.5 Å². The van der Waals surface area contributed by atoms with Crippen LogP contribution >= 0.6 is 0 Å². The predicted octanol–water partition coefficient (Wildman–Crippen LogP) is 4.56. The number of hydrogen-bond acceptors (Lipinski definition) is 3. The van der Waals surface area contributed by atoms with Gasteiger partial charge < -0.3 is 10.6 Å². The summed E-state index contributed by atoms with van der Waals surface area (Å²) in [6.45, 7) is 0.409. The number of nitrogens with one attached hydrogen (secondary N) is 2. The second kappa shape index (κ2) is 7.86. The summed E-state index contributed by atoms with van der Waals surface area (Å²) in [6, 6.07) is 11.2. The summed E-state index contributed by atoms with van der Waals surface area (Å²) < 4.78 is 0. The molecule has 0 unspecified atom stereocenters. The molecule has 0 radical (unpaired) electrons. The van der Waals surface area contributed by atoms with Crippen molar-refractivity contribution in [2.45, 2.75) is 51.5 Å². The second-order valence-corrected chi connectivity index (χ2v) is 9.77. The Morgan fingerprint density at radius 3 is 2.40 bits per heavy atom. The summed E-state index contributed by atoms with van der Waals surface area (Å²) in [6.07, 6.45) is 11.8. The Bertz CT molecular complexity index is 905. The van der Waals surface area contributed by atoms with Crippen LogP contribution in [0.2, 0.25) is 0 Å². The maximum absolute atomic E-state index is 12.9. The molecular formula is C25H29N3O2. The lowest BCUT2D eigenvalue weighted by Crippen LogP contribution is -2.47. The van der Waals surface area contributed by atoms with Crippen LogP contribution in [0.15, 0.2) is 48.8 Å². The molecule has 4 saturated carbocycles. The number of carbonyl (C=O) groups is 2. The van der Waals surface area contributed by atoms with Crippen LogP contribution in [0.25, 0.3) is 0 Å². The number of benzene rings is 1. The van der Waals surface area contributed by atoms with Crippen LogP contribution in [0.4, 0.5) is 5.69 Å². The summed E-state index contributed by atoms with van der Waals surface area (Å²) in [4.78, 5) is 29.1. The standard InChI is InChI=1S/C25H29N3O2/c29-23(14-25-11-18-7-19(12-25)9-20(8-18)13-25)28-22-5-1-3-17(10-22)15-27-24(30)21-4-2-6-26-16-21/h1-6,10,16,18-20H,7-9,11-15H2,(H,27,30)(H,28,29). The second-order valence-electron chi connectivity index (χ2n) is 9.77. The molecule has 4 fully saturated rings. The minimum Gasteiger partial charge on any atom is -0.348 e. The first kappa shape index (κ1) is 19.3. The average molecular weight is 404 g/mol. The molecule has 0 spiro atoms. The fourth-order valence-electron chi connectivity index (χ4n) is 6.59. The molecule has 1 aromatic heterocycles. The van der Waals surface area contributed by atoms with Crippen molar-refractivity contribution < 1.29 is 9.59 Å². The molecule has 0 saturated heterocycles. The van der Waals surface area contributed by atoms with Gasteiger partial charge in [0, 0.05) is 31.0 Å². The zero-order chi connectivity index (χ0) is 20.6. The van der Waals surface area contributed by atoms with Gasteiger partial charge in [-0.3, -0.25) is 14.6 Å². The van der Waals surface area contributed by atoms with Gasteiger partial charge in [0.2, 0.25) is 5.91 Å². The fourth-order valence-corrected chi connectivity index (χ4v) is 6.59. The van der Waals surface area contributed by atoms with Gasteiger partial charge in [-0.25, -0.2) is 0 Å². The molecule has 1 aromatic carbocycles. The first-order valence-electron chi connectivity index (χ1n) is 11.1. The number of pyridine rings is 1. The summed E-state index contributed by atoms with van der Waals surface area (Å²) in [5.74, 6) is 2.55. The molecular weight excluding hydrogens is 374 g/mol. The molecule has 0 aliphatic heterocycles. The van der Waals surface area contributed by atoms with E-state index in [1.54, 1.807) is 24.5 Å². The van der Waals surface area contributed by atoms with E-state index in [-0.39, 0.29) is 17.2 Å². The molecule has 5 heteroatoms. The number of rotatable bonds is 6. The van der Waals surface area contributed by atoms with Crippen molar-refractivity contribution in [3.63, 3.8) is 0 Å². The van der Waals surface area contributed by atoms with Crippen LogP contribution in [-0.2, 0) is 11.3 Å². The topological polar surface area (TPSA) is 71.1 Å². The van der Waals surface area contributed by atoms with Crippen molar-refractivity contribution in [3.05, 3.63) is 59.9 Å². The van der Waals surface area contributed by atoms with Crippen molar-refractivity contribution in [2.24, 2.45) is 23.2 Å². The van der Waals surface area contributed by atoms with Crippen molar-refractivity contribution in [3.8, 4) is 0 Å². The summed E-state index contributed by atoms with van der Waals surface area (Å²) in [5.41, 5.74) is 2.55. The Morgan fingerprint density at radius 1 is 1.00 bits per heavy atom. The minimum atomic E-state index is -0.153. The Kier molecular flexibility index (Phi) is 5.05. The third kappa shape index (κ3) is 4.11. The molecule has 4 bridgehead atoms. The number of carbonyl (C=O) groups excluding carboxylic acids is 2. The third-order valence-electron chi connectivity index (χ3n) is 7.29. The quantitative estimate of drug-likeness (QED) is 0.743. The van der Waals surface area contributed by atoms with E-state index in [9.17, 15) is 9.59 Å². The smallest absolute Gasteiger partial charge is 0.253 e. The van der Waals surface area contributed by atoms with Crippen LogP contribution in [0.1, 0.15) is 60.9 Å². The highest BCUT2D eigenvalue weighted by Gasteiger charge is 2.51. The molecule has 2 N–H and O–H groups in total. The van der Waals surface area contributed by atoms with E-state index >= 15 is 0 Å². The van der Waals surface area contributed by atoms with Crippen molar-refractivity contribution >= 4 is 17.5 Å². The normalized spacial score (nSPS) is 28.9. The third-order valence-corrected chi connectivity index (χ3v) is 7.29. The first-order chi connectivity index (χ1) is 14.6. The molecule has 5 nitrogen and oxygen atoms in total. The van der Waals surface area contributed by atoms with Crippen molar-refractivity contribution in [2.75, 3.05) is 5.32 Å². The van der Waals surface area contributed by atoms with Crippen LogP contribution in [0.5, 0.6) is 0 Å². The van der Waals surface area contributed by atoms with Gasteiger partial charge in [-0.2, -0.15) is 0 Å². The van der Waals surface area contributed by atoms with E-state index in [1.807, 2.05) is 24.3 Å². The number of amides is 2. The van der Waals surface area contributed by atoms with Gasteiger partial charge >= 0.3 is 0 Å². The lowest BCUT2D eigenvalue weighted by molar-refractivity contribution is -0.124. The Balaban J connectivity index is 1.18. The molecule has 2 aromatic rings. The lowest BCUT2D eigenvalue weighted by Gasteiger charge is -2.56. The van der Waals surface area contributed by atoms with Gasteiger partial charge in [0.1, 0.15) is 0 Å². The van der Waals surface area contributed by atoms with Crippen LogP contribution < -0.4 is 10.6 Å². The largest absolute Gasteiger partial charge is 0.348 e. The van der Waals surface area contributed by atoms with Crippen LogP contribution in [0.3, 0.4) is 0 Å². The molecule has 4 aliphatic carbocycles. The molecule has 2 amide bonds. The summed E-state index contributed by atoms with van der Waals surface area (Å²) >= 11 is 0. The summed E-state index contributed by atoms with van der Waals surface area (Å²) in [5, 5.41) is 6.02. The van der Waals surface area contributed by atoms with Gasteiger partial charge in [-0.1, -0.05) is 12.1 Å². The van der Waals surface area contributed by atoms with E-state index in [2.05, 4.69) is 15.6 Å². The molecule has 0 atom stereocenters. The zero-order valence-electron chi connectivity index (χ0n) is 17.3. The number of aromatic nitrogens is 1. The molecule has 4 aliphatic rings. The van der Waals surface area contributed by atoms with Gasteiger partial charge in [0.05, 0.1) is 5.56 Å². The van der Waals surface area contributed by atoms with E-state index < -0.39 is 0 Å². The van der Waals surface area contributed by atoms with E-state index in [4.69, 9.17) is 0 Å².